The average Bonchev–Trinajstić information content (AvgIpc) is 2.68. The molecule has 30 heavy (non-hydrogen) atoms. The van der Waals surface area contributed by atoms with E-state index in [2.05, 4.69) is 10.6 Å². The summed E-state index contributed by atoms with van der Waals surface area (Å²) < 4.78 is 46.4. The molecule has 0 spiro atoms. The van der Waals surface area contributed by atoms with Gasteiger partial charge in [-0.15, -0.1) is 0 Å². The molecule has 1 amide bonds. The third-order valence-corrected chi connectivity index (χ3v) is 6.61. The van der Waals surface area contributed by atoms with Crippen LogP contribution in [0, 0.1) is 5.82 Å². The molecule has 1 heterocycles. The Bertz CT molecular complexity index is 1010. The maximum atomic E-state index is 13.7. The zero-order valence-corrected chi connectivity index (χ0v) is 18.1. The van der Waals surface area contributed by atoms with E-state index in [4.69, 9.17) is 16.3 Å². The van der Waals surface area contributed by atoms with E-state index in [1.54, 1.807) is 0 Å². The fraction of sp³-hybridized carbons (Fsp3) is 0.350. The number of amides is 1. The summed E-state index contributed by atoms with van der Waals surface area (Å²) in [6.07, 6.45) is -0.363. The third-order valence-electron chi connectivity index (χ3n) is 4.53. The Morgan fingerprint density at radius 3 is 2.43 bits per heavy atom. The molecule has 2 aromatic carbocycles. The predicted octanol–water partition coefficient (Wildman–Crippen LogP) is 3.33. The lowest BCUT2D eigenvalue weighted by Gasteiger charge is -2.34. The minimum absolute atomic E-state index is 0.119. The first kappa shape index (κ1) is 22.5. The number of rotatable bonds is 6. The smallest absolute Gasteiger partial charge is 0.243 e. The van der Waals surface area contributed by atoms with Crippen LogP contribution in [0.5, 0.6) is 0 Å². The molecule has 1 saturated heterocycles. The molecule has 10 heteroatoms. The standard InChI is InChI=1S/C20H23ClFN3O4S/c1-13-11-25(12-14(2)29-13)30(27,28)17-6-4-16(5-7-17)24-20(26)10-23-19-9-15(21)3-8-18(19)22/h3-9,13-14,23H,10-12H2,1-2H3,(H,24,26). The molecule has 2 unspecified atom stereocenters. The second-order valence-electron chi connectivity index (χ2n) is 7.13. The number of morpholine rings is 1. The molecule has 2 aromatic rings. The van der Waals surface area contributed by atoms with Crippen molar-refractivity contribution in [3.05, 3.63) is 53.3 Å². The van der Waals surface area contributed by atoms with Crippen molar-refractivity contribution in [1.29, 1.82) is 0 Å². The summed E-state index contributed by atoms with van der Waals surface area (Å²) >= 11 is 5.82. The van der Waals surface area contributed by atoms with Gasteiger partial charge in [-0.05, 0) is 56.3 Å². The summed E-state index contributed by atoms with van der Waals surface area (Å²) in [4.78, 5) is 12.3. The fourth-order valence-electron chi connectivity index (χ4n) is 3.20. The molecule has 1 aliphatic heterocycles. The SMILES string of the molecule is CC1CN(S(=O)(=O)c2ccc(NC(=O)CNc3cc(Cl)ccc3F)cc2)CC(C)O1. The van der Waals surface area contributed by atoms with E-state index in [-0.39, 0.29) is 42.4 Å². The number of benzene rings is 2. The quantitative estimate of drug-likeness (QED) is 0.697. The molecule has 1 fully saturated rings. The highest BCUT2D eigenvalue weighted by Gasteiger charge is 2.32. The highest BCUT2D eigenvalue weighted by molar-refractivity contribution is 7.89. The highest BCUT2D eigenvalue weighted by Crippen LogP contribution is 2.23. The lowest BCUT2D eigenvalue weighted by atomic mass is 10.3. The Kier molecular flexibility index (Phi) is 6.97. The number of ether oxygens (including phenoxy) is 1. The van der Waals surface area contributed by atoms with E-state index in [1.807, 2.05) is 13.8 Å². The Morgan fingerprint density at radius 1 is 1.17 bits per heavy atom. The Balaban J connectivity index is 1.61. The molecule has 2 atom stereocenters. The number of halogens is 2. The highest BCUT2D eigenvalue weighted by atomic mass is 35.5. The van der Waals surface area contributed by atoms with Crippen LogP contribution < -0.4 is 10.6 Å². The monoisotopic (exact) mass is 455 g/mol. The normalized spacial score (nSPS) is 20.0. The number of carbonyl (C=O) groups is 1. The van der Waals surface area contributed by atoms with E-state index in [0.717, 1.165) is 0 Å². The summed E-state index contributed by atoms with van der Waals surface area (Å²) in [5, 5.41) is 5.66. The Labute approximate surface area is 180 Å². The van der Waals surface area contributed by atoms with Gasteiger partial charge in [0.25, 0.3) is 0 Å². The van der Waals surface area contributed by atoms with Crippen LogP contribution in [0.2, 0.25) is 5.02 Å². The minimum Gasteiger partial charge on any atom is -0.374 e. The zero-order valence-electron chi connectivity index (χ0n) is 16.6. The molecule has 3 rings (SSSR count). The molecule has 0 bridgehead atoms. The van der Waals surface area contributed by atoms with Crippen molar-refractivity contribution in [3.63, 3.8) is 0 Å². The number of hydrogen-bond donors (Lipinski definition) is 2. The van der Waals surface area contributed by atoms with Gasteiger partial charge in [-0.25, -0.2) is 12.8 Å². The summed E-state index contributed by atoms with van der Waals surface area (Å²) in [7, 11) is -3.65. The van der Waals surface area contributed by atoms with Crippen LogP contribution in [0.25, 0.3) is 0 Å². The van der Waals surface area contributed by atoms with E-state index in [9.17, 15) is 17.6 Å². The molecule has 7 nitrogen and oxygen atoms in total. The number of anilines is 2. The number of nitrogens with zero attached hydrogens (tertiary/aromatic N) is 1. The van der Waals surface area contributed by atoms with Crippen molar-refractivity contribution in [2.75, 3.05) is 30.3 Å². The first-order chi connectivity index (χ1) is 14.1. The van der Waals surface area contributed by atoms with Gasteiger partial charge in [0.2, 0.25) is 15.9 Å². The third kappa shape index (κ3) is 5.48. The van der Waals surface area contributed by atoms with Gasteiger partial charge in [-0.2, -0.15) is 4.31 Å². The van der Waals surface area contributed by atoms with E-state index >= 15 is 0 Å². The van der Waals surface area contributed by atoms with E-state index in [0.29, 0.717) is 10.7 Å². The lowest BCUT2D eigenvalue weighted by Crippen LogP contribution is -2.48. The first-order valence-electron chi connectivity index (χ1n) is 9.39. The van der Waals surface area contributed by atoms with Crippen molar-refractivity contribution in [2.45, 2.75) is 31.0 Å². The van der Waals surface area contributed by atoms with Crippen molar-refractivity contribution in [2.24, 2.45) is 0 Å². The molecule has 0 aromatic heterocycles. The van der Waals surface area contributed by atoms with Gasteiger partial charge in [0.1, 0.15) is 5.82 Å². The molecule has 0 aliphatic carbocycles. The van der Waals surface area contributed by atoms with Crippen molar-refractivity contribution < 1.29 is 22.3 Å². The van der Waals surface area contributed by atoms with Crippen LogP contribution in [0.3, 0.4) is 0 Å². The lowest BCUT2D eigenvalue weighted by molar-refractivity contribution is -0.114. The number of nitrogens with one attached hydrogen (secondary N) is 2. The van der Waals surface area contributed by atoms with Gasteiger partial charge in [0.05, 0.1) is 29.3 Å². The Morgan fingerprint density at radius 2 is 1.80 bits per heavy atom. The summed E-state index contributed by atoms with van der Waals surface area (Å²) in [5.74, 6) is -0.936. The summed E-state index contributed by atoms with van der Waals surface area (Å²) in [5.41, 5.74) is 0.545. The van der Waals surface area contributed by atoms with Gasteiger partial charge in [0.15, 0.2) is 0 Å². The Hall–Kier alpha value is -2.20. The van der Waals surface area contributed by atoms with Crippen LogP contribution >= 0.6 is 11.6 Å². The maximum Gasteiger partial charge on any atom is 0.243 e. The van der Waals surface area contributed by atoms with E-state index in [1.165, 1.54) is 46.8 Å². The van der Waals surface area contributed by atoms with Gasteiger partial charge in [-0.3, -0.25) is 4.79 Å². The van der Waals surface area contributed by atoms with Gasteiger partial charge < -0.3 is 15.4 Å². The maximum absolute atomic E-state index is 13.7. The minimum atomic E-state index is -3.65. The molecule has 0 radical (unpaired) electrons. The number of carbonyl (C=O) groups excluding carboxylic acids is 1. The van der Waals surface area contributed by atoms with Crippen molar-refractivity contribution in [3.8, 4) is 0 Å². The summed E-state index contributed by atoms with van der Waals surface area (Å²) in [6.45, 7) is 4.06. The van der Waals surface area contributed by atoms with Crippen molar-refractivity contribution >= 4 is 38.9 Å². The van der Waals surface area contributed by atoms with Gasteiger partial charge in [0, 0.05) is 23.8 Å². The summed E-state index contributed by atoms with van der Waals surface area (Å²) in [6, 6.07) is 9.92. The van der Waals surface area contributed by atoms with Crippen LogP contribution in [0.15, 0.2) is 47.4 Å². The fourth-order valence-corrected chi connectivity index (χ4v) is 4.96. The predicted molar refractivity (Wildman–Crippen MR) is 114 cm³/mol. The zero-order chi connectivity index (χ0) is 21.9. The van der Waals surface area contributed by atoms with Crippen molar-refractivity contribution in [1.82, 2.24) is 4.31 Å². The molecular formula is C20H23ClFN3O4S. The number of sulfonamides is 1. The first-order valence-corrected chi connectivity index (χ1v) is 11.2. The molecule has 1 aliphatic rings. The molecule has 162 valence electrons. The van der Waals surface area contributed by atoms with Crippen LogP contribution in [0.1, 0.15) is 13.8 Å². The molecule has 0 saturated carbocycles. The van der Waals surface area contributed by atoms with Gasteiger partial charge >= 0.3 is 0 Å². The van der Waals surface area contributed by atoms with E-state index < -0.39 is 21.7 Å². The number of hydrogen-bond acceptors (Lipinski definition) is 5. The average molecular weight is 456 g/mol. The van der Waals surface area contributed by atoms with Crippen LogP contribution in [-0.4, -0.2) is 50.5 Å². The topological polar surface area (TPSA) is 87.7 Å². The van der Waals surface area contributed by atoms with Crippen LogP contribution in [-0.2, 0) is 19.6 Å². The second kappa shape index (κ2) is 9.30. The van der Waals surface area contributed by atoms with Crippen LogP contribution in [0.4, 0.5) is 15.8 Å². The molecular weight excluding hydrogens is 433 g/mol. The molecule has 2 N–H and O–H groups in total. The largest absolute Gasteiger partial charge is 0.374 e. The second-order valence-corrected chi connectivity index (χ2v) is 9.50. The van der Waals surface area contributed by atoms with Gasteiger partial charge in [-0.1, -0.05) is 11.6 Å².